The molecule has 0 spiro atoms. The first-order valence-corrected chi connectivity index (χ1v) is 6.92. The standard InChI is InChI=1S/C13H23N3O4/c1-4-20-12(18)8-16(9(2)3)7-11(17)15-13(19)14-10-5-6-10/h9-10H,4-8H2,1-3H3,(H2,14,15,17,19). The molecule has 0 radical (unpaired) electrons. The van der Waals surface area contributed by atoms with Crippen molar-refractivity contribution in [2.24, 2.45) is 0 Å². The third-order valence-corrected chi connectivity index (χ3v) is 2.88. The van der Waals surface area contributed by atoms with Crippen molar-refractivity contribution in [2.75, 3.05) is 19.7 Å². The summed E-state index contributed by atoms with van der Waals surface area (Å²) >= 11 is 0. The minimum Gasteiger partial charge on any atom is -0.465 e. The maximum atomic E-state index is 11.7. The van der Waals surface area contributed by atoms with Gasteiger partial charge in [0.25, 0.3) is 0 Å². The van der Waals surface area contributed by atoms with Crippen LogP contribution in [0.5, 0.6) is 0 Å². The largest absolute Gasteiger partial charge is 0.465 e. The number of urea groups is 1. The third kappa shape index (κ3) is 6.51. The number of carbonyl (C=O) groups excluding carboxylic acids is 3. The van der Waals surface area contributed by atoms with Gasteiger partial charge in [-0.25, -0.2) is 4.79 Å². The first kappa shape index (κ1) is 16.4. The van der Waals surface area contributed by atoms with E-state index in [4.69, 9.17) is 4.74 Å². The second-order valence-corrected chi connectivity index (χ2v) is 5.10. The molecule has 1 rings (SSSR count). The lowest BCUT2D eigenvalue weighted by Gasteiger charge is -2.24. The van der Waals surface area contributed by atoms with Crippen LogP contribution in [0.4, 0.5) is 4.79 Å². The van der Waals surface area contributed by atoms with E-state index in [1.165, 1.54) is 0 Å². The van der Waals surface area contributed by atoms with Gasteiger partial charge < -0.3 is 10.1 Å². The second-order valence-electron chi connectivity index (χ2n) is 5.10. The molecule has 0 aromatic rings. The number of ether oxygens (including phenoxy) is 1. The van der Waals surface area contributed by atoms with Crippen molar-refractivity contribution >= 4 is 17.9 Å². The third-order valence-electron chi connectivity index (χ3n) is 2.88. The highest BCUT2D eigenvalue weighted by atomic mass is 16.5. The lowest BCUT2D eigenvalue weighted by molar-refractivity contribution is -0.145. The van der Waals surface area contributed by atoms with Crippen LogP contribution >= 0.6 is 0 Å². The first-order valence-electron chi connectivity index (χ1n) is 6.92. The molecule has 1 fully saturated rings. The highest BCUT2D eigenvalue weighted by Gasteiger charge is 2.25. The van der Waals surface area contributed by atoms with Crippen LogP contribution in [-0.4, -0.2) is 54.6 Å². The van der Waals surface area contributed by atoms with Gasteiger partial charge in [0.2, 0.25) is 5.91 Å². The minimum atomic E-state index is -0.475. The number of amides is 3. The monoisotopic (exact) mass is 285 g/mol. The molecule has 1 saturated carbocycles. The zero-order chi connectivity index (χ0) is 15.1. The number of hydrogen-bond donors (Lipinski definition) is 2. The van der Waals surface area contributed by atoms with Crippen molar-refractivity contribution < 1.29 is 19.1 Å². The number of imide groups is 1. The van der Waals surface area contributed by atoms with Gasteiger partial charge in [-0.15, -0.1) is 0 Å². The molecular formula is C13H23N3O4. The number of rotatable bonds is 7. The van der Waals surface area contributed by atoms with Crippen LogP contribution < -0.4 is 10.6 Å². The Morgan fingerprint density at radius 3 is 2.40 bits per heavy atom. The van der Waals surface area contributed by atoms with Gasteiger partial charge in [0.15, 0.2) is 0 Å². The van der Waals surface area contributed by atoms with Crippen LogP contribution in [0.1, 0.15) is 33.6 Å². The fraction of sp³-hybridized carbons (Fsp3) is 0.769. The molecule has 2 N–H and O–H groups in total. The van der Waals surface area contributed by atoms with Crippen LogP contribution in [-0.2, 0) is 14.3 Å². The van der Waals surface area contributed by atoms with E-state index < -0.39 is 11.9 Å². The van der Waals surface area contributed by atoms with Crippen molar-refractivity contribution in [1.29, 1.82) is 0 Å². The van der Waals surface area contributed by atoms with Crippen LogP contribution in [0, 0.1) is 0 Å². The van der Waals surface area contributed by atoms with Gasteiger partial charge >= 0.3 is 12.0 Å². The first-order chi connectivity index (χ1) is 9.42. The van der Waals surface area contributed by atoms with Gasteiger partial charge in [-0.1, -0.05) is 0 Å². The van der Waals surface area contributed by atoms with Crippen molar-refractivity contribution in [2.45, 2.75) is 45.7 Å². The van der Waals surface area contributed by atoms with E-state index in [1.807, 2.05) is 13.8 Å². The van der Waals surface area contributed by atoms with Gasteiger partial charge in [0, 0.05) is 12.1 Å². The quantitative estimate of drug-likeness (QED) is 0.655. The van der Waals surface area contributed by atoms with E-state index in [0.29, 0.717) is 6.61 Å². The van der Waals surface area contributed by atoms with Crippen LogP contribution in [0.15, 0.2) is 0 Å². The molecule has 0 saturated heterocycles. The molecule has 3 amide bonds. The molecule has 0 atom stereocenters. The van der Waals surface area contributed by atoms with Gasteiger partial charge in [-0.05, 0) is 33.6 Å². The number of hydrogen-bond acceptors (Lipinski definition) is 5. The Morgan fingerprint density at radius 1 is 1.25 bits per heavy atom. The lowest BCUT2D eigenvalue weighted by Crippen LogP contribution is -2.47. The summed E-state index contributed by atoms with van der Waals surface area (Å²) in [6.07, 6.45) is 1.92. The fourth-order valence-electron chi connectivity index (χ4n) is 1.59. The zero-order valence-corrected chi connectivity index (χ0v) is 12.3. The molecule has 20 heavy (non-hydrogen) atoms. The molecule has 0 aromatic heterocycles. The zero-order valence-electron chi connectivity index (χ0n) is 12.3. The Morgan fingerprint density at radius 2 is 1.90 bits per heavy atom. The maximum Gasteiger partial charge on any atom is 0.321 e. The molecule has 114 valence electrons. The summed E-state index contributed by atoms with van der Waals surface area (Å²) in [5, 5.41) is 4.93. The van der Waals surface area contributed by atoms with Crippen LogP contribution in [0.2, 0.25) is 0 Å². The minimum absolute atomic E-state index is 0.00310. The number of nitrogens with one attached hydrogen (secondary N) is 2. The van der Waals surface area contributed by atoms with E-state index in [9.17, 15) is 14.4 Å². The predicted octanol–water partition coefficient (Wildman–Crippen LogP) is 0.248. The Kier molecular flexibility index (Phi) is 6.44. The summed E-state index contributed by atoms with van der Waals surface area (Å²) in [6, 6.07) is -0.280. The van der Waals surface area contributed by atoms with Crippen molar-refractivity contribution in [3.63, 3.8) is 0 Å². The van der Waals surface area contributed by atoms with Crippen molar-refractivity contribution in [3.05, 3.63) is 0 Å². The average molecular weight is 285 g/mol. The smallest absolute Gasteiger partial charge is 0.321 e. The molecular weight excluding hydrogens is 262 g/mol. The van der Waals surface area contributed by atoms with Gasteiger partial charge in [0.05, 0.1) is 19.7 Å². The summed E-state index contributed by atoms with van der Waals surface area (Å²) in [6.45, 7) is 5.79. The summed E-state index contributed by atoms with van der Waals surface area (Å²) in [5.41, 5.74) is 0. The van der Waals surface area contributed by atoms with E-state index in [2.05, 4.69) is 10.6 Å². The number of carbonyl (C=O) groups is 3. The van der Waals surface area contributed by atoms with E-state index in [0.717, 1.165) is 12.8 Å². The Bertz CT molecular complexity index is 367. The van der Waals surface area contributed by atoms with Gasteiger partial charge in [-0.3, -0.25) is 19.8 Å². The highest BCUT2D eigenvalue weighted by Crippen LogP contribution is 2.18. The molecule has 0 aromatic carbocycles. The number of esters is 1. The normalized spacial score (nSPS) is 14.2. The van der Waals surface area contributed by atoms with Crippen LogP contribution in [0.25, 0.3) is 0 Å². The molecule has 0 aliphatic heterocycles. The summed E-state index contributed by atoms with van der Waals surface area (Å²) in [4.78, 5) is 36.3. The summed E-state index contributed by atoms with van der Waals surface area (Å²) in [5.74, 6) is -0.808. The van der Waals surface area contributed by atoms with E-state index in [-0.39, 0.29) is 31.1 Å². The van der Waals surface area contributed by atoms with Crippen LogP contribution in [0.3, 0.4) is 0 Å². The lowest BCUT2D eigenvalue weighted by atomic mass is 10.3. The molecule has 0 bridgehead atoms. The predicted molar refractivity (Wildman–Crippen MR) is 73.0 cm³/mol. The molecule has 1 aliphatic rings. The summed E-state index contributed by atoms with van der Waals surface area (Å²) in [7, 11) is 0. The SMILES string of the molecule is CCOC(=O)CN(CC(=O)NC(=O)NC1CC1)C(C)C. The molecule has 0 unspecified atom stereocenters. The number of nitrogens with zero attached hydrogens (tertiary/aromatic N) is 1. The van der Waals surface area contributed by atoms with E-state index >= 15 is 0 Å². The second kappa shape index (κ2) is 7.84. The van der Waals surface area contributed by atoms with Gasteiger partial charge in [-0.2, -0.15) is 0 Å². The molecule has 1 aliphatic carbocycles. The van der Waals surface area contributed by atoms with Gasteiger partial charge in [0.1, 0.15) is 0 Å². The molecule has 7 heteroatoms. The Labute approximate surface area is 119 Å². The molecule has 0 heterocycles. The molecule has 7 nitrogen and oxygen atoms in total. The Balaban J connectivity index is 2.37. The van der Waals surface area contributed by atoms with E-state index in [1.54, 1.807) is 11.8 Å². The summed E-state index contributed by atoms with van der Waals surface area (Å²) < 4.78 is 4.85. The topological polar surface area (TPSA) is 87.7 Å². The average Bonchev–Trinajstić information content (AvgIpc) is 3.11. The fourth-order valence-corrected chi connectivity index (χ4v) is 1.59. The van der Waals surface area contributed by atoms with Crippen molar-refractivity contribution in [3.8, 4) is 0 Å². The maximum absolute atomic E-state index is 11.7. The Hall–Kier alpha value is -1.63. The van der Waals surface area contributed by atoms with Crippen molar-refractivity contribution in [1.82, 2.24) is 15.5 Å². The highest BCUT2D eigenvalue weighted by molar-refractivity contribution is 5.95.